The summed E-state index contributed by atoms with van der Waals surface area (Å²) in [7, 11) is 0. The summed E-state index contributed by atoms with van der Waals surface area (Å²) in [5.41, 5.74) is 13.0. The molecule has 0 spiro atoms. The van der Waals surface area contributed by atoms with Crippen LogP contribution in [0.15, 0.2) is 24.3 Å². The van der Waals surface area contributed by atoms with Gasteiger partial charge in [-0.1, -0.05) is 6.07 Å². The second kappa shape index (κ2) is 4.65. The average Bonchev–Trinajstić information content (AvgIpc) is 2.25. The van der Waals surface area contributed by atoms with Crippen molar-refractivity contribution >= 4 is 17.6 Å². The molecule has 0 radical (unpaired) electrons. The summed E-state index contributed by atoms with van der Waals surface area (Å²) in [6.45, 7) is 2.52. The molecule has 0 saturated heterocycles. The second-order valence-corrected chi connectivity index (χ2v) is 3.66. The molecule has 88 valence electrons. The highest BCUT2D eigenvalue weighted by Gasteiger charge is 2.00. The van der Waals surface area contributed by atoms with Crippen molar-refractivity contribution in [3.63, 3.8) is 0 Å². The van der Waals surface area contributed by atoms with Crippen LogP contribution in [-0.4, -0.2) is 15.0 Å². The summed E-state index contributed by atoms with van der Waals surface area (Å²) in [6, 6.07) is 7.48. The highest BCUT2D eigenvalue weighted by atomic mass is 15.1. The van der Waals surface area contributed by atoms with E-state index in [4.69, 9.17) is 11.5 Å². The third-order valence-corrected chi connectivity index (χ3v) is 2.16. The Balaban J connectivity index is 2.07. The number of nitrogens with one attached hydrogen (secondary N) is 1. The number of rotatable bonds is 3. The largest absolute Gasteiger partial charge is 0.383 e. The maximum atomic E-state index is 5.57. The van der Waals surface area contributed by atoms with Crippen LogP contribution in [0.2, 0.25) is 0 Å². The first kappa shape index (κ1) is 11.1. The van der Waals surface area contributed by atoms with Crippen LogP contribution in [0, 0.1) is 6.92 Å². The van der Waals surface area contributed by atoms with Gasteiger partial charge in [0.2, 0.25) is 5.95 Å². The molecule has 0 atom stereocenters. The van der Waals surface area contributed by atoms with Gasteiger partial charge in [0, 0.05) is 11.8 Å². The zero-order valence-corrected chi connectivity index (χ0v) is 9.51. The van der Waals surface area contributed by atoms with Crippen molar-refractivity contribution in [3.05, 3.63) is 35.7 Å². The van der Waals surface area contributed by atoms with Crippen molar-refractivity contribution in [2.45, 2.75) is 13.5 Å². The second-order valence-electron chi connectivity index (χ2n) is 3.66. The SMILES string of the molecule is Cc1cccc(CNc2cc(N)nc(N)n2)n1. The van der Waals surface area contributed by atoms with Gasteiger partial charge in [0.25, 0.3) is 0 Å². The Kier molecular flexibility index (Phi) is 3.04. The molecule has 0 saturated carbocycles. The first-order chi connectivity index (χ1) is 8.13. The molecule has 2 heterocycles. The molecule has 0 fully saturated rings. The van der Waals surface area contributed by atoms with E-state index in [2.05, 4.69) is 20.3 Å². The molecule has 0 unspecified atom stereocenters. The molecule has 5 N–H and O–H groups in total. The summed E-state index contributed by atoms with van der Waals surface area (Å²) in [5.74, 6) is 1.10. The Bertz CT molecular complexity index is 505. The molecular formula is C11H14N6. The molecular weight excluding hydrogens is 216 g/mol. The quantitative estimate of drug-likeness (QED) is 0.725. The first-order valence-electron chi connectivity index (χ1n) is 5.20. The van der Waals surface area contributed by atoms with Crippen LogP contribution in [0.3, 0.4) is 0 Å². The number of aromatic nitrogens is 3. The van der Waals surface area contributed by atoms with Gasteiger partial charge < -0.3 is 16.8 Å². The lowest BCUT2D eigenvalue weighted by Crippen LogP contribution is -2.07. The van der Waals surface area contributed by atoms with E-state index < -0.39 is 0 Å². The zero-order chi connectivity index (χ0) is 12.3. The monoisotopic (exact) mass is 230 g/mol. The Labute approximate surface area is 99.1 Å². The van der Waals surface area contributed by atoms with Gasteiger partial charge in [0.1, 0.15) is 11.6 Å². The smallest absolute Gasteiger partial charge is 0.223 e. The van der Waals surface area contributed by atoms with Crippen molar-refractivity contribution in [2.75, 3.05) is 16.8 Å². The predicted octanol–water partition coefficient (Wildman–Crippen LogP) is 0.957. The van der Waals surface area contributed by atoms with Crippen LogP contribution < -0.4 is 16.8 Å². The number of nitrogen functional groups attached to an aromatic ring is 2. The van der Waals surface area contributed by atoms with Crippen LogP contribution in [-0.2, 0) is 6.54 Å². The molecule has 0 aliphatic rings. The highest BCUT2D eigenvalue weighted by molar-refractivity contribution is 5.48. The Morgan fingerprint density at radius 3 is 2.71 bits per heavy atom. The molecule has 2 aromatic heterocycles. The van der Waals surface area contributed by atoms with Gasteiger partial charge >= 0.3 is 0 Å². The number of hydrogen-bond acceptors (Lipinski definition) is 6. The van der Waals surface area contributed by atoms with E-state index in [1.807, 2.05) is 25.1 Å². The molecule has 0 bridgehead atoms. The maximum Gasteiger partial charge on any atom is 0.223 e. The van der Waals surface area contributed by atoms with Crippen LogP contribution in [0.1, 0.15) is 11.4 Å². The molecule has 0 amide bonds. The highest BCUT2D eigenvalue weighted by Crippen LogP contribution is 2.10. The van der Waals surface area contributed by atoms with Gasteiger partial charge in [-0.05, 0) is 19.1 Å². The van der Waals surface area contributed by atoms with Crippen molar-refractivity contribution in [1.82, 2.24) is 15.0 Å². The van der Waals surface area contributed by atoms with Crippen molar-refractivity contribution < 1.29 is 0 Å². The van der Waals surface area contributed by atoms with Gasteiger partial charge in [0.15, 0.2) is 0 Å². The minimum Gasteiger partial charge on any atom is -0.383 e. The van der Waals surface area contributed by atoms with E-state index in [1.165, 1.54) is 0 Å². The van der Waals surface area contributed by atoms with E-state index in [-0.39, 0.29) is 5.95 Å². The fourth-order valence-corrected chi connectivity index (χ4v) is 1.45. The number of nitrogens with two attached hydrogens (primary N) is 2. The van der Waals surface area contributed by atoms with E-state index in [9.17, 15) is 0 Å². The lowest BCUT2D eigenvalue weighted by atomic mass is 10.3. The minimum absolute atomic E-state index is 0.157. The number of hydrogen-bond donors (Lipinski definition) is 3. The number of anilines is 3. The van der Waals surface area contributed by atoms with Crippen molar-refractivity contribution in [1.29, 1.82) is 0 Å². The topological polar surface area (TPSA) is 103 Å². The van der Waals surface area contributed by atoms with Gasteiger partial charge in [-0.2, -0.15) is 9.97 Å². The lowest BCUT2D eigenvalue weighted by Gasteiger charge is -2.06. The molecule has 6 heteroatoms. The fraction of sp³-hybridized carbons (Fsp3) is 0.182. The average molecular weight is 230 g/mol. The summed E-state index contributed by atoms with van der Waals surface area (Å²) in [5, 5.41) is 3.10. The van der Waals surface area contributed by atoms with E-state index >= 15 is 0 Å². The lowest BCUT2D eigenvalue weighted by molar-refractivity contribution is 1.00. The Hall–Kier alpha value is -2.37. The molecule has 2 aromatic rings. The van der Waals surface area contributed by atoms with Crippen LogP contribution in [0.5, 0.6) is 0 Å². The number of nitrogens with zero attached hydrogens (tertiary/aromatic N) is 3. The van der Waals surface area contributed by atoms with Gasteiger partial charge in [-0.3, -0.25) is 4.98 Å². The van der Waals surface area contributed by atoms with E-state index in [0.29, 0.717) is 18.2 Å². The first-order valence-corrected chi connectivity index (χ1v) is 5.20. The van der Waals surface area contributed by atoms with Crippen molar-refractivity contribution in [3.8, 4) is 0 Å². The summed E-state index contributed by atoms with van der Waals surface area (Å²) >= 11 is 0. The molecule has 6 nitrogen and oxygen atoms in total. The molecule has 2 rings (SSSR count). The van der Waals surface area contributed by atoms with Gasteiger partial charge in [0.05, 0.1) is 12.2 Å². The molecule has 0 aliphatic carbocycles. The normalized spacial score (nSPS) is 10.2. The summed E-state index contributed by atoms with van der Waals surface area (Å²) in [4.78, 5) is 12.2. The molecule has 0 aliphatic heterocycles. The van der Waals surface area contributed by atoms with E-state index in [1.54, 1.807) is 6.07 Å². The number of pyridine rings is 1. The van der Waals surface area contributed by atoms with Gasteiger partial charge in [-0.25, -0.2) is 0 Å². The van der Waals surface area contributed by atoms with Crippen molar-refractivity contribution in [2.24, 2.45) is 0 Å². The minimum atomic E-state index is 0.157. The number of aryl methyl sites for hydroxylation is 1. The molecule has 0 aromatic carbocycles. The third kappa shape index (κ3) is 3.04. The Morgan fingerprint density at radius 2 is 2.00 bits per heavy atom. The standard InChI is InChI=1S/C11H14N6/c1-7-3-2-4-8(15-7)6-14-10-5-9(12)16-11(13)17-10/h2-5H,6H2,1H3,(H5,12,13,14,16,17). The Morgan fingerprint density at radius 1 is 1.18 bits per heavy atom. The zero-order valence-electron chi connectivity index (χ0n) is 9.51. The summed E-state index contributed by atoms with van der Waals surface area (Å²) in [6.07, 6.45) is 0. The van der Waals surface area contributed by atoms with Crippen LogP contribution >= 0.6 is 0 Å². The van der Waals surface area contributed by atoms with E-state index in [0.717, 1.165) is 11.4 Å². The predicted molar refractivity (Wildman–Crippen MR) is 67.2 cm³/mol. The fourth-order valence-electron chi connectivity index (χ4n) is 1.45. The van der Waals surface area contributed by atoms with Crippen LogP contribution in [0.25, 0.3) is 0 Å². The van der Waals surface area contributed by atoms with Crippen LogP contribution in [0.4, 0.5) is 17.6 Å². The maximum absolute atomic E-state index is 5.57. The van der Waals surface area contributed by atoms with Gasteiger partial charge in [-0.15, -0.1) is 0 Å². The molecule has 17 heavy (non-hydrogen) atoms. The summed E-state index contributed by atoms with van der Waals surface area (Å²) < 4.78 is 0. The third-order valence-electron chi connectivity index (χ3n) is 2.16.